The molecule has 1 aromatic heterocycles. The van der Waals surface area contributed by atoms with Gasteiger partial charge < -0.3 is 5.32 Å². The highest BCUT2D eigenvalue weighted by Crippen LogP contribution is 2.22. The molecule has 4 rings (SSSR count). The lowest BCUT2D eigenvalue weighted by Crippen LogP contribution is -2.30. The van der Waals surface area contributed by atoms with Crippen molar-refractivity contribution >= 4 is 21.6 Å². The molecule has 2 N–H and O–H groups in total. The Hall–Kier alpha value is -4.04. The third-order valence-electron chi connectivity index (χ3n) is 4.94. The summed E-state index contributed by atoms with van der Waals surface area (Å²) in [5, 5.41) is 2.96. The number of anilines is 1. The summed E-state index contributed by atoms with van der Waals surface area (Å²) < 4.78 is 41.2. The number of para-hydroxylation sites is 1. The number of halogens is 1. The lowest BCUT2D eigenvalue weighted by molar-refractivity contribution is 0.0942. The largest absolute Gasteiger partial charge is 0.340 e. The summed E-state index contributed by atoms with van der Waals surface area (Å²) in [4.78, 5) is 17.2. The minimum Gasteiger partial charge on any atom is -0.340 e. The molecule has 0 spiro atoms. The molecule has 0 fully saturated rings. The van der Waals surface area contributed by atoms with Crippen LogP contribution in [0.25, 0.3) is 0 Å². The zero-order valence-corrected chi connectivity index (χ0v) is 18.2. The van der Waals surface area contributed by atoms with Crippen LogP contribution in [-0.4, -0.2) is 19.3 Å². The van der Waals surface area contributed by atoms with E-state index in [0.29, 0.717) is 5.69 Å². The summed E-state index contributed by atoms with van der Waals surface area (Å²) in [6.45, 7) is 0. The van der Waals surface area contributed by atoms with Crippen LogP contribution in [-0.2, 0) is 10.0 Å². The highest BCUT2D eigenvalue weighted by molar-refractivity contribution is 7.92. The first kappa shape index (κ1) is 22.2. The van der Waals surface area contributed by atoms with Crippen LogP contribution in [0, 0.1) is 5.82 Å². The molecular weight excluding hydrogens is 441 g/mol. The number of rotatable bonds is 7. The van der Waals surface area contributed by atoms with E-state index in [1.807, 2.05) is 42.5 Å². The van der Waals surface area contributed by atoms with Gasteiger partial charge in [-0.05, 0) is 54.1 Å². The van der Waals surface area contributed by atoms with Crippen molar-refractivity contribution in [3.63, 3.8) is 0 Å². The molecule has 4 aromatic rings. The predicted molar refractivity (Wildman–Crippen MR) is 124 cm³/mol. The van der Waals surface area contributed by atoms with Gasteiger partial charge in [-0.15, -0.1) is 0 Å². The van der Waals surface area contributed by atoms with Gasteiger partial charge in [-0.1, -0.05) is 48.5 Å². The first-order chi connectivity index (χ1) is 15.9. The van der Waals surface area contributed by atoms with E-state index in [-0.39, 0.29) is 22.1 Å². The number of aromatic nitrogens is 1. The summed E-state index contributed by atoms with van der Waals surface area (Å²) in [6, 6.07) is 25.3. The first-order valence-corrected chi connectivity index (χ1v) is 11.6. The van der Waals surface area contributed by atoms with Gasteiger partial charge in [0.15, 0.2) is 0 Å². The highest BCUT2D eigenvalue weighted by Gasteiger charge is 2.20. The topological polar surface area (TPSA) is 88.2 Å². The molecule has 8 heteroatoms. The second-order valence-corrected chi connectivity index (χ2v) is 8.86. The molecule has 1 amide bonds. The number of amides is 1. The van der Waals surface area contributed by atoms with Crippen LogP contribution in [0.2, 0.25) is 0 Å². The van der Waals surface area contributed by atoms with E-state index in [4.69, 9.17) is 0 Å². The SMILES string of the molecule is O=C(NC(c1ccccc1)c1ccccn1)c1ccc(S(=O)(=O)Nc2ccccc2F)cc1. The molecule has 1 unspecified atom stereocenters. The van der Waals surface area contributed by atoms with Crippen LogP contribution >= 0.6 is 0 Å². The number of carbonyl (C=O) groups is 1. The zero-order chi connectivity index (χ0) is 23.3. The molecule has 33 heavy (non-hydrogen) atoms. The Morgan fingerprint density at radius 1 is 0.818 bits per heavy atom. The van der Waals surface area contributed by atoms with Crippen LogP contribution in [0.1, 0.15) is 27.7 Å². The minimum absolute atomic E-state index is 0.0911. The number of pyridine rings is 1. The van der Waals surface area contributed by atoms with Gasteiger partial charge in [0.05, 0.1) is 22.3 Å². The van der Waals surface area contributed by atoms with E-state index < -0.39 is 21.9 Å². The summed E-state index contributed by atoms with van der Waals surface area (Å²) in [5.41, 5.74) is 1.65. The number of nitrogens with zero attached hydrogens (tertiary/aromatic N) is 1. The Balaban J connectivity index is 1.54. The van der Waals surface area contributed by atoms with Gasteiger partial charge in [0, 0.05) is 11.8 Å². The Morgan fingerprint density at radius 2 is 1.48 bits per heavy atom. The molecule has 0 radical (unpaired) electrons. The van der Waals surface area contributed by atoms with Crippen molar-refractivity contribution in [2.45, 2.75) is 10.9 Å². The maximum atomic E-state index is 13.8. The summed E-state index contributed by atoms with van der Waals surface area (Å²) in [5.74, 6) is -1.07. The van der Waals surface area contributed by atoms with Crippen LogP contribution in [0.3, 0.4) is 0 Å². The molecule has 0 saturated carbocycles. The molecule has 1 heterocycles. The lowest BCUT2D eigenvalue weighted by Gasteiger charge is -2.19. The fourth-order valence-corrected chi connectivity index (χ4v) is 4.34. The molecule has 0 aliphatic carbocycles. The molecule has 0 aliphatic rings. The number of carbonyl (C=O) groups excluding carboxylic acids is 1. The molecule has 0 saturated heterocycles. The molecular formula is C25H20FN3O3S. The predicted octanol–water partition coefficient (Wildman–Crippen LogP) is 4.54. The lowest BCUT2D eigenvalue weighted by atomic mass is 10.0. The molecule has 0 bridgehead atoms. The van der Waals surface area contributed by atoms with E-state index in [2.05, 4.69) is 15.0 Å². The van der Waals surface area contributed by atoms with Gasteiger partial charge in [-0.2, -0.15) is 0 Å². The van der Waals surface area contributed by atoms with Crippen molar-refractivity contribution in [2.24, 2.45) is 0 Å². The van der Waals surface area contributed by atoms with Crippen LogP contribution < -0.4 is 10.0 Å². The number of benzene rings is 3. The van der Waals surface area contributed by atoms with E-state index >= 15 is 0 Å². The highest BCUT2D eigenvalue weighted by atomic mass is 32.2. The van der Waals surface area contributed by atoms with Gasteiger partial charge in [0.2, 0.25) is 0 Å². The van der Waals surface area contributed by atoms with E-state index in [9.17, 15) is 17.6 Å². The van der Waals surface area contributed by atoms with Gasteiger partial charge in [0.25, 0.3) is 15.9 Å². The van der Waals surface area contributed by atoms with Crippen molar-refractivity contribution in [2.75, 3.05) is 4.72 Å². The van der Waals surface area contributed by atoms with Crippen molar-refractivity contribution < 1.29 is 17.6 Å². The minimum atomic E-state index is -4.02. The van der Waals surface area contributed by atoms with Gasteiger partial charge in [-0.25, -0.2) is 12.8 Å². The average Bonchev–Trinajstić information content (AvgIpc) is 2.85. The normalized spacial score (nSPS) is 12.0. The Morgan fingerprint density at radius 3 is 2.15 bits per heavy atom. The number of hydrogen-bond donors (Lipinski definition) is 2. The van der Waals surface area contributed by atoms with Gasteiger partial charge in [-0.3, -0.25) is 14.5 Å². The van der Waals surface area contributed by atoms with Crippen LogP contribution in [0.5, 0.6) is 0 Å². The molecule has 0 aliphatic heterocycles. The van der Waals surface area contributed by atoms with E-state index in [1.54, 1.807) is 12.3 Å². The second-order valence-electron chi connectivity index (χ2n) is 7.18. The van der Waals surface area contributed by atoms with Gasteiger partial charge >= 0.3 is 0 Å². The first-order valence-electron chi connectivity index (χ1n) is 10.1. The summed E-state index contributed by atoms with van der Waals surface area (Å²) >= 11 is 0. The van der Waals surface area contributed by atoms with Crippen LogP contribution in [0.15, 0.2) is 108 Å². The molecule has 166 valence electrons. The van der Waals surface area contributed by atoms with E-state index in [1.165, 1.54) is 42.5 Å². The average molecular weight is 462 g/mol. The fraction of sp³-hybridized carbons (Fsp3) is 0.0400. The summed E-state index contributed by atoms with van der Waals surface area (Å²) in [6.07, 6.45) is 1.65. The maximum Gasteiger partial charge on any atom is 0.261 e. The smallest absolute Gasteiger partial charge is 0.261 e. The Kier molecular flexibility index (Phi) is 6.46. The monoisotopic (exact) mass is 461 g/mol. The number of nitrogens with one attached hydrogen (secondary N) is 2. The van der Waals surface area contributed by atoms with Crippen LogP contribution in [0.4, 0.5) is 10.1 Å². The molecule has 6 nitrogen and oxygen atoms in total. The summed E-state index contributed by atoms with van der Waals surface area (Å²) in [7, 11) is -4.02. The van der Waals surface area contributed by atoms with Crippen molar-refractivity contribution in [3.05, 3.63) is 126 Å². The molecule has 1 atom stereocenters. The second kappa shape index (κ2) is 9.62. The Labute approximate surface area is 191 Å². The third-order valence-corrected chi connectivity index (χ3v) is 6.32. The van der Waals surface area contributed by atoms with Gasteiger partial charge in [0.1, 0.15) is 5.82 Å². The molecule has 3 aromatic carbocycles. The zero-order valence-electron chi connectivity index (χ0n) is 17.4. The van der Waals surface area contributed by atoms with Crippen molar-refractivity contribution in [1.29, 1.82) is 0 Å². The fourth-order valence-electron chi connectivity index (χ4n) is 3.27. The standard InChI is InChI=1S/C25H20FN3O3S/c26-21-10-4-5-11-22(21)29-33(31,32)20-15-13-19(14-16-20)25(30)28-24(18-8-2-1-3-9-18)23-12-6-7-17-27-23/h1-17,24,29H,(H,28,30). The third kappa shape index (κ3) is 5.24. The number of sulfonamides is 1. The van der Waals surface area contributed by atoms with E-state index in [0.717, 1.165) is 11.6 Å². The Bertz CT molecular complexity index is 1310. The number of hydrogen-bond acceptors (Lipinski definition) is 4. The quantitative estimate of drug-likeness (QED) is 0.423. The maximum absolute atomic E-state index is 13.8. The van der Waals surface area contributed by atoms with Crippen molar-refractivity contribution in [3.8, 4) is 0 Å². The van der Waals surface area contributed by atoms with Crippen molar-refractivity contribution in [1.82, 2.24) is 10.3 Å².